The van der Waals surface area contributed by atoms with E-state index in [1.54, 1.807) is 0 Å². The van der Waals surface area contributed by atoms with E-state index in [-0.39, 0.29) is 5.91 Å². The van der Waals surface area contributed by atoms with Crippen LogP contribution in [0.4, 0.5) is 0 Å². The second-order valence-corrected chi connectivity index (χ2v) is 9.23. The van der Waals surface area contributed by atoms with E-state index in [1.807, 2.05) is 24.3 Å². The van der Waals surface area contributed by atoms with E-state index < -0.39 is 0 Å². The predicted molar refractivity (Wildman–Crippen MR) is 104 cm³/mol. The number of nitrogens with zero attached hydrogens (tertiary/aromatic N) is 1. The Hall–Kier alpha value is -1.10. The Balaban J connectivity index is 1.33. The molecule has 5 rings (SSSR count). The summed E-state index contributed by atoms with van der Waals surface area (Å²) in [6.07, 6.45) is 8.89. The average molecular weight is 375 g/mol. The number of piperidine rings is 2. The molecule has 1 N–H and O–H groups in total. The molecular formula is C20H23ClN2OS. The van der Waals surface area contributed by atoms with Gasteiger partial charge >= 0.3 is 0 Å². The molecule has 2 saturated heterocycles. The van der Waals surface area contributed by atoms with Crippen molar-refractivity contribution >= 4 is 38.9 Å². The van der Waals surface area contributed by atoms with Gasteiger partial charge in [-0.3, -0.25) is 9.69 Å². The van der Waals surface area contributed by atoms with Crippen molar-refractivity contribution in [2.24, 2.45) is 0 Å². The fourth-order valence-electron chi connectivity index (χ4n) is 4.92. The Bertz CT molecular complexity index is 801. The van der Waals surface area contributed by atoms with Crippen LogP contribution in [0, 0.1) is 0 Å². The van der Waals surface area contributed by atoms with Crippen LogP contribution in [-0.4, -0.2) is 35.0 Å². The number of benzene rings is 1. The number of halogens is 1. The van der Waals surface area contributed by atoms with E-state index in [0.717, 1.165) is 29.0 Å². The third-order valence-corrected chi connectivity index (χ3v) is 7.75. The van der Waals surface area contributed by atoms with Gasteiger partial charge in [0.25, 0.3) is 5.91 Å². The summed E-state index contributed by atoms with van der Waals surface area (Å²) in [5.74, 6) is 0.00847. The Kier molecular flexibility index (Phi) is 4.03. The lowest BCUT2D eigenvalue weighted by Crippen LogP contribution is -2.57. The number of nitrogens with one attached hydrogen (secondary N) is 1. The highest BCUT2D eigenvalue weighted by Crippen LogP contribution is 2.42. The fourth-order valence-corrected chi connectivity index (χ4v) is 6.34. The van der Waals surface area contributed by atoms with Crippen molar-refractivity contribution in [3.05, 3.63) is 34.2 Å². The highest BCUT2D eigenvalue weighted by molar-refractivity contribution is 7.21. The van der Waals surface area contributed by atoms with Gasteiger partial charge in [0.1, 0.15) is 4.88 Å². The standard InChI is InChI=1S/C20H23ClN2OS/c21-18-16-6-1-2-7-17(16)25-19(18)20(24)22-12-10-14-4-3-5-15(11-12)23(14)13-8-9-13/h1-2,6-7,12-15H,3-5,8-11H2,(H,22,24). The summed E-state index contributed by atoms with van der Waals surface area (Å²) in [6, 6.07) is 10.4. The van der Waals surface area contributed by atoms with Crippen LogP contribution >= 0.6 is 22.9 Å². The van der Waals surface area contributed by atoms with Crippen LogP contribution in [0.2, 0.25) is 5.02 Å². The minimum absolute atomic E-state index is 0.00847. The SMILES string of the molecule is O=C(NC1CC2CCCC(C1)N2C1CC1)c1sc2ccccc2c1Cl. The number of fused-ring (bicyclic) bond motifs is 3. The summed E-state index contributed by atoms with van der Waals surface area (Å²) in [7, 11) is 0. The lowest BCUT2D eigenvalue weighted by Gasteiger charge is -2.49. The molecule has 3 nitrogen and oxygen atoms in total. The third-order valence-electron chi connectivity index (χ3n) is 6.08. The maximum Gasteiger partial charge on any atom is 0.263 e. The average Bonchev–Trinajstić information content (AvgIpc) is 3.38. The van der Waals surface area contributed by atoms with Crippen LogP contribution in [-0.2, 0) is 0 Å². The molecule has 132 valence electrons. The molecule has 1 aromatic carbocycles. The lowest BCUT2D eigenvalue weighted by molar-refractivity contribution is 0.0175. The molecule has 2 unspecified atom stereocenters. The minimum Gasteiger partial charge on any atom is -0.348 e. The predicted octanol–water partition coefficient (Wildman–Crippen LogP) is 4.83. The summed E-state index contributed by atoms with van der Waals surface area (Å²) in [6.45, 7) is 0. The van der Waals surface area contributed by atoms with E-state index >= 15 is 0 Å². The first-order chi connectivity index (χ1) is 12.2. The number of carbonyl (C=O) groups is 1. The summed E-state index contributed by atoms with van der Waals surface area (Å²) in [4.78, 5) is 16.3. The van der Waals surface area contributed by atoms with Gasteiger partial charge in [-0.25, -0.2) is 0 Å². The number of hydrogen-bond donors (Lipinski definition) is 1. The third kappa shape index (κ3) is 2.88. The van der Waals surface area contributed by atoms with Crippen LogP contribution in [0.15, 0.2) is 24.3 Å². The van der Waals surface area contributed by atoms with Gasteiger partial charge in [-0.2, -0.15) is 0 Å². The van der Waals surface area contributed by atoms with Crippen molar-refractivity contribution in [2.45, 2.75) is 69.1 Å². The van der Waals surface area contributed by atoms with E-state index in [9.17, 15) is 4.79 Å². The van der Waals surface area contributed by atoms with Crippen molar-refractivity contribution < 1.29 is 4.79 Å². The summed E-state index contributed by atoms with van der Waals surface area (Å²) >= 11 is 7.98. The van der Waals surface area contributed by atoms with Crippen LogP contribution < -0.4 is 5.32 Å². The first kappa shape index (κ1) is 16.1. The molecule has 1 amide bonds. The van der Waals surface area contributed by atoms with Gasteiger partial charge in [-0.1, -0.05) is 36.2 Å². The largest absolute Gasteiger partial charge is 0.348 e. The van der Waals surface area contributed by atoms with Gasteiger partial charge in [0, 0.05) is 34.3 Å². The summed E-state index contributed by atoms with van der Waals surface area (Å²) < 4.78 is 1.08. The zero-order valence-corrected chi connectivity index (χ0v) is 15.8. The zero-order chi connectivity index (χ0) is 17.0. The molecule has 1 saturated carbocycles. The molecule has 25 heavy (non-hydrogen) atoms. The topological polar surface area (TPSA) is 32.3 Å². The van der Waals surface area contributed by atoms with E-state index in [1.165, 1.54) is 43.4 Å². The van der Waals surface area contributed by atoms with Crippen LogP contribution in [0.1, 0.15) is 54.6 Å². The number of thiophene rings is 1. The Labute approximate surface area is 157 Å². The molecule has 0 radical (unpaired) electrons. The van der Waals surface area contributed by atoms with Crippen molar-refractivity contribution in [2.75, 3.05) is 0 Å². The van der Waals surface area contributed by atoms with Crippen LogP contribution in [0.3, 0.4) is 0 Å². The smallest absolute Gasteiger partial charge is 0.263 e. The molecule has 2 bridgehead atoms. The van der Waals surface area contributed by atoms with Crippen molar-refractivity contribution in [3.63, 3.8) is 0 Å². The van der Waals surface area contributed by atoms with E-state index in [2.05, 4.69) is 10.2 Å². The number of rotatable bonds is 3. The van der Waals surface area contributed by atoms with Gasteiger partial charge < -0.3 is 5.32 Å². The minimum atomic E-state index is 0.00847. The maximum absolute atomic E-state index is 12.9. The van der Waals surface area contributed by atoms with Gasteiger partial charge in [0.15, 0.2) is 0 Å². The van der Waals surface area contributed by atoms with Crippen LogP contribution in [0.25, 0.3) is 10.1 Å². The highest BCUT2D eigenvalue weighted by Gasteiger charge is 2.45. The maximum atomic E-state index is 12.9. The zero-order valence-electron chi connectivity index (χ0n) is 14.2. The number of hydrogen-bond acceptors (Lipinski definition) is 3. The van der Waals surface area contributed by atoms with Gasteiger partial charge in [-0.15, -0.1) is 11.3 Å². The molecule has 1 aliphatic carbocycles. The molecule has 2 aliphatic heterocycles. The van der Waals surface area contributed by atoms with E-state index in [0.29, 0.717) is 28.0 Å². The molecule has 0 spiro atoms. The Morgan fingerprint density at radius 1 is 1.08 bits per heavy atom. The van der Waals surface area contributed by atoms with Gasteiger partial charge in [0.05, 0.1) is 5.02 Å². The Morgan fingerprint density at radius 2 is 1.80 bits per heavy atom. The highest BCUT2D eigenvalue weighted by atomic mass is 35.5. The monoisotopic (exact) mass is 374 g/mol. The number of amides is 1. The normalized spacial score (nSPS) is 29.7. The summed E-state index contributed by atoms with van der Waals surface area (Å²) in [5.41, 5.74) is 0. The fraction of sp³-hybridized carbons (Fsp3) is 0.550. The van der Waals surface area contributed by atoms with Crippen molar-refractivity contribution in [3.8, 4) is 0 Å². The summed E-state index contributed by atoms with van der Waals surface area (Å²) in [5, 5.41) is 4.90. The molecule has 3 aliphatic rings. The first-order valence-electron chi connectivity index (χ1n) is 9.46. The molecule has 1 aromatic heterocycles. The second-order valence-electron chi connectivity index (χ2n) is 7.80. The lowest BCUT2D eigenvalue weighted by atomic mass is 9.81. The van der Waals surface area contributed by atoms with E-state index in [4.69, 9.17) is 11.6 Å². The molecular weight excluding hydrogens is 352 g/mol. The van der Waals surface area contributed by atoms with Crippen molar-refractivity contribution in [1.82, 2.24) is 10.2 Å². The molecule has 5 heteroatoms. The molecule has 2 atom stereocenters. The quantitative estimate of drug-likeness (QED) is 0.834. The van der Waals surface area contributed by atoms with Crippen LogP contribution in [0.5, 0.6) is 0 Å². The molecule has 2 aromatic rings. The molecule has 3 fully saturated rings. The number of carbonyl (C=O) groups excluding carboxylic acids is 1. The van der Waals surface area contributed by atoms with Gasteiger partial charge in [-0.05, 0) is 44.6 Å². The van der Waals surface area contributed by atoms with Gasteiger partial charge in [0.2, 0.25) is 0 Å². The second kappa shape index (κ2) is 6.26. The van der Waals surface area contributed by atoms with Crippen molar-refractivity contribution in [1.29, 1.82) is 0 Å². The first-order valence-corrected chi connectivity index (χ1v) is 10.7. The molecule has 3 heterocycles. The Morgan fingerprint density at radius 3 is 2.48 bits per heavy atom.